The molecule has 0 radical (unpaired) electrons. The topological polar surface area (TPSA) is 64.6 Å². The van der Waals surface area contributed by atoms with Gasteiger partial charge >= 0.3 is 5.97 Å². The van der Waals surface area contributed by atoms with Crippen LogP contribution in [0.3, 0.4) is 0 Å². The maximum absolute atomic E-state index is 11.8. The molecule has 0 aliphatic rings. The molecule has 2 aromatic carbocycles. The summed E-state index contributed by atoms with van der Waals surface area (Å²) in [6.07, 6.45) is 0.929. The smallest absolute Gasteiger partial charge is 0.344 e. The second kappa shape index (κ2) is 9.08. The first-order valence-corrected chi connectivity index (χ1v) is 8.29. The molecule has 0 spiro atoms. The molecule has 2 aromatic rings. The van der Waals surface area contributed by atoms with Crippen LogP contribution in [0.1, 0.15) is 18.1 Å². The lowest BCUT2D eigenvalue weighted by atomic mass is 10.1. The van der Waals surface area contributed by atoms with Crippen molar-refractivity contribution >= 4 is 29.2 Å². The van der Waals surface area contributed by atoms with Gasteiger partial charge in [-0.25, -0.2) is 4.79 Å². The third kappa shape index (κ3) is 6.12. The molecule has 5 nitrogen and oxygen atoms in total. The van der Waals surface area contributed by atoms with Gasteiger partial charge in [0.2, 0.25) is 0 Å². The van der Waals surface area contributed by atoms with Crippen molar-refractivity contribution in [3.05, 3.63) is 58.6 Å². The normalized spacial score (nSPS) is 10.2. The summed E-state index contributed by atoms with van der Waals surface area (Å²) in [5.74, 6) is -0.479. The van der Waals surface area contributed by atoms with E-state index in [4.69, 9.17) is 21.1 Å². The molecule has 0 heterocycles. The molecule has 132 valence electrons. The van der Waals surface area contributed by atoms with E-state index in [-0.39, 0.29) is 13.2 Å². The number of rotatable bonds is 7. The number of amides is 1. The largest absolute Gasteiger partial charge is 0.482 e. The van der Waals surface area contributed by atoms with Crippen molar-refractivity contribution in [2.24, 2.45) is 0 Å². The molecule has 0 aromatic heterocycles. The Morgan fingerprint density at radius 1 is 1.08 bits per heavy atom. The molecule has 0 aliphatic carbocycles. The SMILES string of the molecule is CCc1ccc(NC(=O)COC(=O)COc2ccc(Cl)cc2C)cc1. The Morgan fingerprint density at radius 2 is 1.80 bits per heavy atom. The summed E-state index contributed by atoms with van der Waals surface area (Å²) in [5, 5.41) is 3.26. The van der Waals surface area contributed by atoms with Gasteiger partial charge < -0.3 is 14.8 Å². The van der Waals surface area contributed by atoms with Gasteiger partial charge in [0.05, 0.1) is 0 Å². The molecule has 2 rings (SSSR count). The third-order valence-corrected chi connectivity index (χ3v) is 3.73. The quantitative estimate of drug-likeness (QED) is 0.762. The molecule has 0 saturated heterocycles. The zero-order valence-corrected chi connectivity index (χ0v) is 14.9. The second-order valence-electron chi connectivity index (χ2n) is 5.46. The van der Waals surface area contributed by atoms with E-state index in [0.29, 0.717) is 16.5 Å². The third-order valence-electron chi connectivity index (χ3n) is 3.49. The Bertz CT molecular complexity index is 744. The van der Waals surface area contributed by atoms with Crippen molar-refractivity contribution < 1.29 is 19.1 Å². The monoisotopic (exact) mass is 361 g/mol. The Morgan fingerprint density at radius 3 is 2.44 bits per heavy atom. The Kier molecular flexibility index (Phi) is 6.83. The summed E-state index contributed by atoms with van der Waals surface area (Å²) in [6, 6.07) is 12.6. The molecule has 1 N–H and O–H groups in total. The van der Waals surface area contributed by atoms with E-state index in [0.717, 1.165) is 12.0 Å². The van der Waals surface area contributed by atoms with E-state index >= 15 is 0 Å². The van der Waals surface area contributed by atoms with Gasteiger partial charge in [-0.05, 0) is 54.8 Å². The van der Waals surface area contributed by atoms with Crippen LogP contribution < -0.4 is 10.1 Å². The summed E-state index contributed by atoms with van der Waals surface area (Å²) in [7, 11) is 0. The number of benzene rings is 2. The van der Waals surface area contributed by atoms with Crippen LogP contribution in [-0.2, 0) is 20.7 Å². The summed E-state index contributed by atoms with van der Waals surface area (Å²) >= 11 is 5.86. The zero-order chi connectivity index (χ0) is 18.2. The van der Waals surface area contributed by atoms with Gasteiger partial charge in [-0.2, -0.15) is 0 Å². The molecule has 0 atom stereocenters. The van der Waals surface area contributed by atoms with Crippen LogP contribution in [0.4, 0.5) is 5.69 Å². The van der Waals surface area contributed by atoms with Crippen LogP contribution in [0.2, 0.25) is 5.02 Å². The maximum atomic E-state index is 11.8. The summed E-state index contributed by atoms with van der Waals surface area (Å²) in [5.41, 5.74) is 2.65. The Labute approximate surface area is 151 Å². The Hall–Kier alpha value is -2.53. The van der Waals surface area contributed by atoms with Crippen molar-refractivity contribution in [3.63, 3.8) is 0 Å². The first-order chi connectivity index (χ1) is 12.0. The minimum Gasteiger partial charge on any atom is -0.482 e. The van der Waals surface area contributed by atoms with Crippen molar-refractivity contribution in [1.82, 2.24) is 0 Å². The average molecular weight is 362 g/mol. The summed E-state index contributed by atoms with van der Waals surface area (Å²) < 4.78 is 10.3. The molecule has 0 fully saturated rings. The van der Waals surface area contributed by atoms with Crippen molar-refractivity contribution in [3.8, 4) is 5.75 Å². The molecular weight excluding hydrogens is 342 g/mol. The van der Waals surface area contributed by atoms with E-state index in [1.165, 1.54) is 5.56 Å². The lowest BCUT2D eigenvalue weighted by Crippen LogP contribution is -2.23. The highest BCUT2D eigenvalue weighted by Gasteiger charge is 2.10. The van der Waals surface area contributed by atoms with E-state index in [9.17, 15) is 9.59 Å². The first kappa shape index (κ1) is 18.8. The predicted molar refractivity (Wildman–Crippen MR) is 97.1 cm³/mol. The number of carbonyl (C=O) groups excluding carboxylic acids is 2. The second-order valence-corrected chi connectivity index (χ2v) is 5.89. The van der Waals surface area contributed by atoms with Crippen LogP contribution in [0, 0.1) is 6.92 Å². The van der Waals surface area contributed by atoms with Gasteiger partial charge in [-0.1, -0.05) is 30.7 Å². The van der Waals surface area contributed by atoms with Gasteiger partial charge in [0.15, 0.2) is 13.2 Å². The van der Waals surface area contributed by atoms with Crippen LogP contribution >= 0.6 is 11.6 Å². The number of carbonyl (C=O) groups is 2. The first-order valence-electron chi connectivity index (χ1n) is 7.91. The standard InChI is InChI=1S/C19H20ClNO4/c1-3-14-4-7-16(8-5-14)21-18(22)11-25-19(23)12-24-17-9-6-15(20)10-13(17)2/h4-10H,3,11-12H2,1-2H3,(H,21,22). The number of nitrogens with one attached hydrogen (secondary N) is 1. The predicted octanol–water partition coefficient (Wildman–Crippen LogP) is 3.77. The van der Waals surface area contributed by atoms with E-state index < -0.39 is 11.9 Å². The number of hydrogen-bond donors (Lipinski definition) is 1. The van der Waals surface area contributed by atoms with Gasteiger partial charge in [-0.3, -0.25) is 4.79 Å². The average Bonchev–Trinajstić information content (AvgIpc) is 2.60. The zero-order valence-electron chi connectivity index (χ0n) is 14.2. The van der Waals surface area contributed by atoms with Gasteiger partial charge in [-0.15, -0.1) is 0 Å². The van der Waals surface area contributed by atoms with Crippen LogP contribution in [-0.4, -0.2) is 25.1 Å². The molecule has 1 amide bonds. The number of aryl methyl sites for hydroxylation is 2. The van der Waals surface area contributed by atoms with Gasteiger partial charge in [0, 0.05) is 10.7 Å². The van der Waals surface area contributed by atoms with Gasteiger partial charge in [0.1, 0.15) is 5.75 Å². The number of esters is 1. The van der Waals surface area contributed by atoms with Gasteiger partial charge in [0.25, 0.3) is 5.91 Å². The van der Waals surface area contributed by atoms with Crippen molar-refractivity contribution in [2.75, 3.05) is 18.5 Å². The molecule has 25 heavy (non-hydrogen) atoms. The Balaban J connectivity index is 1.74. The fourth-order valence-electron chi connectivity index (χ4n) is 2.12. The number of anilines is 1. The highest BCUT2D eigenvalue weighted by Crippen LogP contribution is 2.21. The lowest BCUT2D eigenvalue weighted by Gasteiger charge is -2.10. The molecule has 6 heteroatoms. The minimum atomic E-state index is -0.620. The summed E-state index contributed by atoms with van der Waals surface area (Å²) in [4.78, 5) is 23.5. The van der Waals surface area contributed by atoms with Crippen molar-refractivity contribution in [2.45, 2.75) is 20.3 Å². The number of ether oxygens (including phenoxy) is 2. The molecule has 0 unspecified atom stereocenters. The fourth-order valence-corrected chi connectivity index (χ4v) is 2.35. The molecule has 0 bridgehead atoms. The van der Waals surface area contributed by atoms with Crippen LogP contribution in [0.25, 0.3) is 0 Å². The number of halogens is 1. The highest BCUT2D eigenvalue weighted by atomic mass is 35.5. The van der Waals surface area contributed by atoms with E-state index in [2.05, 4.69) is 12.2 Å². The van der Waals surface area contributed by atoms with E-state index in [1.807, 2.05) is 31.2 Å². The van der Waals surface area contributed by atoms with Crippen LogP contribution in [0.15, 0.2) is 42.5 Å². The molecule has 0 saturated carbocycles. The molecule has 0 aliphatic heterocycles. The highest BCUT2D eigenvalue weighted by molar-refractivity contribution is 6.30. The molecular formula is C19H20ClNO4. The minimum absolute atomic E-state index is 0.277. The fraction of sp³-hybridized carbons (Fsp3) is 0.263. The maximum Gasteiger partial charge on any atom is 0.344 e. The van der Waals surface area contributed by atoms with E-state index in [1.54, 1.807) is 18.2 Å². The lowest BCUT2D eigenvalue weighted by molar-refractivity contribution is -0.149. The summed E-state index contributed by atoms with van der Waals surface area (Å²) in [6.45, 7) is 3.24. The number of hydrogen-bond acceptors (Lipinski definition) is 4. The van der Waals surface area contributed by atoms with Crippen molar-refractivity contribution in [1.29, 1.82) is 0 Å². The van der Waals surface area contributed by atoms with Crippen LogP contribution in [0.5, 0.6) is 5.75 Å².